The standard InChI is InChI=1S/C44H60N2O9/c1-12-35-44(9)36(26(3)24-52-44)28(5)37(47)25(2)22-43(8,51-19-15-16-31-21-32-17-13-14-18-33(32)45-23-31)40(29(6)38(48)30(7)41(50)54-35)55-42-39(49)34(46(10)11)20-27(4)53-42/h13-14,17-18,21,23,25,27-30,34-36,39-40,42,49H,3,12,19-20,22,24H2,1-2,4-11H3/t25?,27-,28?,29-,30+,34?,35?,36?,39-,40+,42+,43?,44+/m0/s1. The second kappa shape index (κ2) is 17.3. The summed E-state index contributed by atoms with van der Waals surface area (Å²) in [7, 11) is 3.77. The first-order valence-electron chi connectivity index (χ1n) is 19.6. The Morgan fingerprint density at radius 3 is 2.45 bits per heavy atom. The lowest BCUT2D eigenvalue weighted by molar-refractivity contribution is -0.296. The molecule has 1 aromatic carbocycles. The number of esters is 1. The summed E-state index contributed by atoms with van der Waals surface area (Å²) >= 11 is 0. The number of Topliss-reactive ketones (excluding diaryl/α,β-unsaturated/α-hetero) is 2. The Balaban J connectivity index is 1.57. The minimum atomic E-state index is -1.34. The van der Waals surface area contributed by atoms with Crippen LogP contribution in [0.25, 0.3) is 10.9 Å². The van der Waals surface area contributed by atoms with Crippen LogP contribution in [0.4, 0.5) is 0 Å². The molecule has 0 saturated carbocycles. The Kier molecular flexibility index (Phi) is 13.4. The maximum absolute atomic E-state index is 14.5. The molecule has 0 bridgehead atoms. The summed E-state index contributed by atoms with van der Waals surface area (Å²) in [5.74, 6) is 1.36. The van der Waals surface area contributed by atoms with Crippen molar-refractivity contribution in [3.05, 3.63) is 54.2 Å². The number of ketones is 2. The number of aromatic nitrogens is 1. The molecule has 3 saturated heterocycles. The normalized spacial score (nSPS) is 37.9. The van der Waals surface area contributed by atoms with Gasteiger partial charge in [0.25, 0.3) is 0 Å². The Morgan fingerprint density at radius 2 is 1.76 bits per heavy atom. The van der Waals surface area contributed by atoms with E-state index in [0.717, 1.165) is 16.5 Å². The van der Waals surface area contributed by atoms with Gasteiger partial charge in [-0.2, -0.15) is 0 Å². The highest BCUT2D eigenvalue weighted by Gasteiger charge is 2.55. The summed E-state index contributed by atoms with van der Waals surface area (Å²) in [6.45, 7) is 18.9. The molecule has 0 aliphatic carbocycles. The van der Waals surface area contributed by atoms with Gasteiger partial charge in [0.1, 0.15) is 36.1 Å². The molecule has 3 aliphatic rings. The molecular weight excluding hydrogens is 700 g/mol. The number of hydrogen-bond acceptors (Lipinski definition) is 11. The zero-order valence-corrected chi connectivity index (χ0v) is 34.2. The second-order valence-electron chi connectivity index (χ2n) is 16.6. The third kappa shape index (κ3) is 8.90. The number of pyridine rings is 1. The van der Waals surface area contributed by atoms with Crippen molar-refractivity contribution in [2.45, 2.75) is 123 Å². The lowest BCUT2D eigenvalue weighted by Crippen LogP contribution is -2.59. The fourth-order valence-electron chi connectivity index (χ4n) is 9.13. The van der Waals surface area contributed by atoms with Gasteiger partial charge in [0.2, 0.25) is 0 Å². The summed E-state index contributed by atoms with van der Waals surface area (Å²) < 4.78 is 32.1. The number of carbonyl (C=O) groups is 3. The number of aliphatic hydroxyl groups excluding tert-OH is 1. The van der Waals surface area contributed by atoms with Crippen molar-refractivity contribution in [3.8, 4) is 11.8 Å². The molecule has 3 aliphatic heterocycles. The smallest absolute Gasteiger partial charge is 0.316 e. The van der Waals surface area contributed by atoms with Gasteiger partial charge in [0.15, 0.2) is 12.1 Å². The van der Waals surface area contributed by atoms with Crippen LogP contribution in [0.5, 0.6) is 0 Å². The van der Waals surface area contributed by atoms with Crippen molar-refractivity contribution in [2.24, 2.45) is 29.6 Å². The predicted octanol–water partition coefficient (Wildman–Crippen LogP) is 5.54. The van der Waals surface area contributed by atoms with Gasteiger partial charge >= 0.3 is 5.97 Å². The van der Waals surface area contributed by atoms with E-state index in [1.54, 1.807) is 20.0 Å². The quantitative estimate of drug-likeness (QED) is 0.172. The van der Waals surface area contributed by atoms with Gasteiger partial charge in [-0.25, -0.2) is 0 Å². The molecule has 300 valence electrons. The van der Waals surface area contributed by atoms with E-state index >= 15 is 0 Å². The number of fused-ring (bicyclic) bond motifs is 2. The first kappa shape index (κ1) is 42.6. The average molecular weight is 761 g/mol. The largest absolute Gasteiger partial charge is 0.459 e. The van der Waals surface area contributed by atoms with E-state index in [1.165, 1.54) is 6.92 Å². The number of cyclic esters (lactones) is 1. The molecule has 55 heavy (non-hydrogen) atoms. The summed E-state index contributed by atoms with van der Waals surface area (Å²) in [5.41, 5.74) is -0.0564. The number of rotatable bonds is 6. The zero-order valence-electron chi connectivity index (χ0n) is 34.2. The molecule has 2 aromatic rings. The third-order valence-corrected chi connectivity index (χ3v) is 12.2. The monoisotopic (exact) mass is 760 g/mol. The maximum Gasteiger partial charge on any atom is 0.316 e. The zero-order chi connectivity index (χ0) is 40.4. The van der Waals surface area contributed by atoms with Gasteiger partial charge in [0.05, 0.1) is 29.9 Å². The molecule has 0 amide bonds. The lowest BCUT2D eigenvalue weighted by atomic mass is 9.69. The van der Waals surface area contributed by atoms with Crippen molar-refractivity contribution in [1.82, 2.24) is 9.88 Å². The van der Waals surface area contributed by atoms with E-state index in [-0.39, 0.29) is 37.6 Å². The minimum absolute atomic E-state index is 0.0504. The van der Waals surface area contributed by atoms with Crippen LogP contribution >= 0.6 is 0 Å². The highest BCUT2D eigenvalue weighted by molar-refractivity contribution is 6.00. The first-order chi connectivity index (χ1) is 25.9. The first-order valence-corrected chi connectivity index (χ1v) is 19.6. The fraction of sp³-hybridized carbons (Fsp3) is 0.636. The molecule has 0 spiro atoms. The van der Waals surface area contributed by atoms with Crippen molar-refractivity contribution < 1.29 is 43.2 Å². The number of aliphatic hydroxyl groups is 1. The maximum atomic E-state index is 14.5. The number of likely N-dealkylation sites (N-methyl/N-ethyl adjacent to an activating group) is 1. The Morgan fingerprint density at radius 1 is 1.05 bits per heavy atom. The predicted molar refractivity (Wildman–Crippen MR) is 209 cm³/mol. The van der Waals surface area contributed by atoms with Crippen LogP contribution in [-0.2, 0) is 38.1 Å². The molecule has 5 rings (SSSR count). The van der Waals surface area contributed by atoms with Crippen molar-refractivity contribution >= 4 is 28.4 Å². The van der Waals surface area contributed by atoms with E-state index in [2.05, 4.69) is 23.4 Å². The minimum Gasteiger partial charge on any atom is -0.459 e. The van der Waals surface area contributed by atoms with Gasteiger partial charge in [-0.05, 0) is 78.8 Å². The molecular formula is C44H60N2O9. The van der Waals surface area contributed by atoms with E-state index < -0.39 is 77.1 Å². The van der Waals surface area contributed by atoms with Crippen molar-refractivity contribution in [3.63, 3.8) is 0 Å². The summed E-state index contributed by atoms with van der Waals surface area (Å²) in [5, 5.41) is 12.5. The van der Waals surface area contributed by atoms with Gasteiger partial charge in [-0.1, -0.05) is 64.3 Å². The van der Waals surface area contributed by atoms with Crippen molar-refractivity contribution in [2.75, 3.05) is 27.3 Å². The third-order valence-electron chi connectivity index (χ3n) is 12.2. The molecule has 3 fully saturated rings. The number of benzene rings is 1. The number of carbonyl (C=O) groups excluding carboxylic acids is 3. The SMILES string of the molecule is C=C1CO[C@]2(C)C(CC)OC(=O)[C@H](C)C(=O)[C@H](C)[C@@H](O[C@H]3O[C@@H](C)CC(N(C)C)[C@@H]3O)C(C)(OCC#Cc3cnc4ccccc4c3)CC(C)C(=O)C(C)C12. The Bertz CT molecular complexity index is 1800. The topological polar surface area (TPSA) is 134 Å². The molecule has 0 radical (unpaired) electrons. The summed E-state index contributed by atoms with van der Waals surface area (Å²) in [6.07, 6.45) is -1.46. The van der Waals surface area contributed by atoms with Crippen LogP contribution in [-0.4, -0.2) is 108 Å². The fourth-order valence-corrected chi connectivity index (χ4v) is 9.13. The van der Waals surface area contributed by atoms with Gasteiger partial charge in [0, 0.05) is 46.9 Å². The summed E-state index contributed by atoms with van der Waals surface area (Å²) in [6, 6.07) is 9.44. The van der Waals surface area contributed by atoms with E-state index in [0.29, 0.717) is 18.4 Å². The van der Waals surface area contributed by atoms with E-state index in [4.69, 9.17) is 23.7 Å². The lowest BCUT2D eigenvalue weighted by Gasteiger charge is -2.47. The summed E-state index contributed by atoms with van der Waals surface area (Å²) in [4.78, 5) is 49.3. The molecule has 6 unspecified atom stereocenters. The number of para-hydroxylation sites is 1. The molecule has 11 nitrogen and oxygen atoms in total. The second-order valence-corrected chi connectivity index (χ2v) is 16.6. The van der Waals surface area contributed by atoms with E-state index in [9.17, 15) is 19.5 Å². The van der Waals surface area contributed by atoms with Crippen LogP contribution in [0.1, 0.15) is 80.2 Å². The Hall–Kier alpha value is -3.50. The van der Waals surface area contributed by atoms with Crippen LogP contribution < -0.4 is 0 Å². The highest BCUT2D eigenvalue weighted by Crippen LogP contribution is 2.46. The molecule has 1 aromatic heterocycles. The van der Waals surface area contributed by atoms with Gasteiger partial charge in [-0.15, -0.1) is 0 Å². The molecule has 1 N–H and O–H groups in total. The number of ether oxygens (including phenoxy) is 5. The molecule has 11 heteroatoms. The average Bonchev–Trinajstić information content (AvgIpc) is 3.47. The van der Waals surface area contributed by atoms with Gasteiger partial charge in [-0.3, -0.25) is 19.4 Å². The van der Waals surface area contributed by atoms with Crippen LogP contribution in [0.2, 0.25) is 0 Å². The molecule has 4 heterocycles. The van der Waals surface area contributed by atoms with Crippen LogP contribution in [0.3, 0.4) is 0 Å². The van der Waals surface area contributed by atoms with Gasteiger partial charge < -0.3 is 33.7 Å². The van der Waals surface area contributed by atoms with Crippen LogP contribution in [0.15, 0.2) is 48.7 Å². The number of nitrogens with zero attached hydrogens (tertiary/aromatic N) is 2. The van der Waals surface area contributed by atoms with Crippen molar-refractivity contribution in [1.29, 1.82) is 0 Å². The Labute approximate surface area is 326 Å². The highest BCUT2D eigenvalue weighted by atomic mass is 16.7. The van der Waals surface area contributed by atoms with Crippen LogP contribution in [0, 0.1) is 41.4 Å². The number of hydrogen-bond donors (Lipinski definition) is 1. The molecule has 13 atom stereocenters. The van der Waals surface area contributed by atoms with E-state index in [1.807, 2.05) is 83.9 Å².